The minimum Gasteiger partial charge on any atom is -0.375 e. The van der Waals surface area contributed by atoms with E-state index in [0.717, 1.165) is 19.5 Å². The van der Waals surface area contributed by atoms with Crippen LogP contribution in [-0.2, 0) is 0 Å². The molecular weight excluding hydrogens is 196 g/mol. The van der Waals surface area contributed by atoms with Crippen LogP contribution in [-0.4, -0.2) is 20.1 Å². The number of nitrogens with two attached hydrogens (primary N) is 1. The lowest BCUT2D eigenvalue weighted by Gasteiger charge is -2.20. The number of nitrogens with zero attached hydrogens (tertiary/aromatic N) is 1. The number of anilines is 1. The van der Waals surface area contributed by atoms with E-state index < -0.39 is 0 Å². The summed E-state index contributed by atoms with van der Waals surface area (Å²) in [5.41, 5.74) is 9.48. The summed E-state index contributed by atoms with van der Waals surface area (Å²) < 4.78 is 0. The zero-order chi connectivity index (χ0) is 12.0. The van der Waals surface area contributed by atoms with Gasteiger partial charge >= 0.3 is 0 Å². The molecule has 0 saturated heterocycles. The Balaban J connectivity index is 2.48. The number of unbranched alkanes of at least 4 members (excludes halogenated alkanes) is 2. The zero-order valence-corrected chi connectivity index (χ0v) is 10.8. The van der Waals surface area contributed by atoms with Crippen LogP contribution in [0.2, 0.25) is 0 Å². The van der Waals surface area contributed by atoms with Gasteiger partial charge in [-0.15, -0.1) is 0 Å². The van der Waals surface area contributed by atoms with Crippen molar-refractivity contribution in [1.82, 2.24) is 0 Å². The van der Waals surface area contributed by atoms with E-state index in [-0.39, 0.29) is 0 Å². The van der Waals surface area contributed by atoms with Crippen LogP contribution in [0.4, 0.5) is 5.69 Å². The maximum Gasteiger partial charge on any atom is 0.0368 e. The minimum atomic E-state index is 0.813. The predicted octanol–water partition coefficient (Wildman–Crippen LogP) is 2.87. The highest BCUT2D eigenvalue weighted by Gasteiger charge is 2.01. The van der Waals surface area contributed by atoms with E-state index in [1.54, 1.807) is 0 Å². The van der Waals surface area contributed by atoms with Crippen LogP contribution in [0.25, 0.3) is 0 Å². The van der Waals surface area contributed by atoms with Gasteiger partial charge in [-0.25, -0.2) is 0 Å². The number of benzene rings is 1. The maximum absolute atomic E-state index is 5.48. The van der Waals surface area contributed by atoms with Crippen molar-refractivity contribution in [2.45, 2.75) is 33.1 Å². The minimum absolute atomic E-state index is 0.813. The Labute approximate surface area is 99.5 Å². The van der Waals surface area contributed by atoms with Crippen LogP contribution in [0.1, 0.15) is 30.4 Å². The molecule has 0 bridgehead atoms. The molecule has 0 fully saturated rings. The van der Waals surface area contributed by atoms with Crippen LogP contribution >= 0.6 is 0 Å². The van der Waals surface area contributed by atoms with Gasteiger partial charge in [0.05, 0.1) is 0 Å². The van der Waals surface area contributed by atoms with E-state index in [0.29, 0.717) is 0 Å². The van der Waals surface area contributed by atoms with Crippen molar-refractivity contribution < 1.29 is 0 Å². The van der Waals surface area contributed by atoms with Gasteiger partial charge in [-0.2, -0.15) is 0 Å². The van der Waals surface area contributed by atoms with Crippen molar-refractivity contribution >= 4 is 5.69 Å². The smallest absolute Gasteiger partial charge is 0.0368 e. The fraction of sp³-hybridized carbons (Fsp3) is 0.571. The van der Waals surface area contributed by atoms with Crippen LogP contribution in [0.5, 0.6) is 0 Å². The second-order valence-electron chi connectivity index (χ2n) is 4.62. The first kappa shape index (κ1) is 13.0. The monoisotopic (exact) mass is 220 g/mol. The van der Waals surface area contributed by atoms with Crippen molar-refractivity contribution in [3.63, 3.8) is 0 Å². The lowest BCUT2D eigenvalue weighted by molar-refractivity contribution is 0.679. The summed E-state index contributed by atoms with van der Waals surface area (Å²) >= 11 is 0. The average Bonchev–Trinajstić information content (AvgIpc) is 2.22. The fourth-order valence-corrected chi connectivity index (χ4v) is 1.97. The molecule has 2 N–H and O–H groups in total. The Morgan fingerprint density at radius 3 is 2.19 bits per heavy atom. The normalized spacial score (nSPS) is 10.5. The van der Waals surface area contributed by atoms with Gasteiger partial charge in [0.25, 0.3) is 0 Å². The van der Waals surface area contributed by atoms with Gasteiger partial charge in [0.1, 0.15) is 0 Å². The Morgan fingerprint density at radius 2 is 1.62 bits per heavy atom. The van der Waals surface area contributed by atoms with Gasteiger partial charge in [0.15, 0.2) is 0 Å². The van der Waals surface area contributed by atoms with E-state index in [9.17, 15) is 0 Å². The van der Waals surface area contributed by atoms with Crippen molar-refractivity contribution in [2.75, 3.05) is 25.0 Å². The Kier molecular flexibility index (Phi) is 5.33. The SMILES string of the molecule is Cc1cc(C)cc(N(C)CCCCCN)c1. The highest BCUT2D eigenvalue weighted by molar-refractivity contribution is 5.50. The van der Waals surface area contributed by atoms with Gasteiger partial charge < -0.3 is 10.6 Å². The standard InChI is InChI=1S/C14H24N2/c1-12-9-13(2)11-14(10-12)16(3)8-6-4-5-7-15/h9-11H,4-8,15H2,1-3H3. The van der Waals surface area contributed by atoms with Crippen molar-refractivity contribution in [3.8, 4) is 0 Å². The fourth-order valence-electron chi connectivity index (χ4n) is 1.97. The molecular formula is C14H24N2. The second kappa shape index (κ2) is 6.54. The van der Waals surface area contributed by atoms with Crippen molar-refractivity contribution in [2.24, 2.45) is 5.73 Å². The summed E-state index contributed by atoms with van der Waals surface area (Å²) in [5.74, 6) is 0. The summed E-state index contributed by atoms with van der Waals surface area (Å²) in [5, 5.41) is 0. The van der Waals surface area contributed by atoms with E-state index in [1.165, 1.54) is 29.7 Å². The molecule has 0 spiro atoms. The van der Waals surface area contributed by atoms with Gasteiger partial charge in [-0.1, -0.05) is 12.5 Å². The molecule has 0 aliphatic carbocycles. The summed E-state index contributed by atoms with van der Waals surface area (Å²) in [4.78, 5) is 2.33. The Morgan fingerprint density at radius 1 is 1.00 bits per heavy atom. The van der Waals surface area contributed by atoms with Gasteiger partial charge in [-0.05, 0) is 56.5 Å². The molecule has 1 aromatic rings. The first-order valence-corrected chi connectivity index (χ1v) is 6.13. The molecule has 90 valence electrons. The van der Waals surface area contributed by atoms with Gasteiger partial charge in [0, 0.05) is 19.3 Å². The first-order valence-electron chi connectivity index (χ1n) is 6.13. The Bertz CT molecular complexity index is 300. The summed E-state index contributed by atoms with van der Waals surface area (Å²) in [7, 11) is 2.16. The first-order chi connectivity index (χ1) is 7.63. The van der Waals surface area contributed by atoms with Crippen LogP contribution in [0.3, 0.4) is 0 Å². The quantitative estimate of drug-likeness (QED) is 0.747. The molecule has 0 heterocycles. The average molecular weight is 220 g/mol. The number of aryl methyl sites for hydroxylation is 2. The molecule has 0 atom stereocenters. The molecule has 2 heteroatoms. The lowest BCUT2D eigenvalue weighted by Crippen LogP contribution is -2.18. The molecule has 1 rings (SSSR count). The summed E-state index contributed by atoms with van der Waals surface area (Å²) in [6.45, 7) is 6.23. The van der Waals surface area contributed by atoms with Crippen LogP contribution in [0.15, 0.2) is 18.2 Å². The van der Waals surface area contributed by atoms with Crippen LogP contribution in [0, 0.1) is 13.8 Å². The third-order valence-corrected chi connectivity index (χ3v) is 2.84. The molecule has 0 aromatic heterocycles. The number of hydrogen-bond donors (Lipinski definition) is 1. The van der Waals surface area contributed by atoms with Crippen molar-refractivity contribution in [3.05, 3.63) is 29.3 Å². The second-order valence-corrected chi connectivity index (χ2v) is 4.62. The van der Waals surface area contributed by atoms with E-state index in [4.69, 9.17) is 5.73 Å². The van der Waals surface area contributed by atoms with E-state index >= 15 is 0 Å². The maximum atomic E-state index is 5.48. The highest BCUT2D eigenvalue weighted by Crippen LogP contribution is 2.17. The molecule has 0 aliphatic heterocycles. The zero-order valence-electron chi connectivity index (χ0n) is 10.8. The summed E-state index contributed by atoms with van der Waals surface area (Å²) in [6.07, 6.45) is 3.59. The molecule has 0 amide bonds. The van der Waals surface area contributed by atoms with Gasteiger partial charge in [-0.3, -0.25) is 0 Å². The van der Waals surface area contributed by atoms with Gasteiger partial charge in [0.2, 0.25) is 0 Å². The molecule has 1 aromatic carbocycles. The third kappa shape index (κ3) is 4.23. The largest absolute Gasteiger partial charge is 0.375 e. The van der Waals surface area contributed by atoms with Crippen LogP contribution < -0.4 is 10.6 Å². The van der Waals surface area contributed by atoms with E-state index in [2.05, 4.69) is 44.0 Å². The van der Waals surface area contributed by atoms with E-state index in [1.807, 2.05) is 0 Å². The molecule has 0 saturated carbocycles. The molecule has 0 radical (unpaired) electrons. The van der Waals surface area contributed by atoms with Crippen molar-refractivity contribution in [1.29, 1.82) is 0 Å². The highest BCUT2D eigenvalue weighted by atomic mass is 15.1. The summed E-state index contributed by atoms with van der Waals surface area (Å²) in [6, 6.07) is 6.71. The molecule has 2 nitrogen and oxygen atoms in total. The third-order valence-electron chi connectivity index (χ3n) is 2.84. The topological polar surface area (TPSA) is 29.3 Å². The lowest BCUT2D eigenvalue weighted by atomic mass is 10.1. The molecule has 0 unspecified atom stereocenters. The predicted molar refractivity (Wildman–Crippen MR) is 72.1 cm³/mol. The Hall–Kier alpha value is -1.02. The molecule has 0 aliphatic rings. The number of hydrogen-bond acceptors (Lipinski definition) is 2. The number of rotatable bonds is 6. The molecule has 16 heavy (non-hydrogen) atoms.